The molecule has 0 atom stereocenters. The van der Waals surface area contributed by atoms with Crippen molar-refractivity contribution in [1.29, 1.82) is 0 Å². The van der Waals surface area contributed by atoms with Crippen LogP contribution in [-0.4, -0.2) is 53.2 Å². The summed E-state index contributed by atoms with van der Waals surface area (Å²) in [6, 6.07) is 16.3. The smallest absolute Gasteiger partial charge is 0.225 e. The molecule has 2 aromatic carbocycles. The van der Waals surface area contributed by atoms with E-state index >= 15 is 0 Å². The Hall–Kier alpha value is -3.74. The molecule has 4 aromatic rings. The first kappa shape index (κ1) is 19.2. The van der Waals surface area contributed by atoms with E-state index in [0.717, 1.165) is 66.6 Å². The highest BCUT2D eigenvalue weighted by atomic mass is 16.5. The molecular formula is C24H24N6O. The number of ether oxygens (including phenoxy) is 1. The topological polar surface area (TPSA) is 67.3 Å². The number of benzene rings is 2. The zero-order chi connectivity index (χ0) is 21.0. The number of methoxy groups -OCH3 is 1. The molecule has 156 valence electrons. The Morgan fingerprint density at radius 2 is 1.55 bits per heavy atom. The first-order valence-corrected chi connectivity index (χ1v) is 10.4. The first-order chi connectivity index (χ1) is 15.3. The van der Waals surface area contributed by atoms with Crippen molar-refractivity contribution in [3.8, 4) is 5.75 Å². The van der Waals surface area contributed by atoms with Gasteiger partial charge in [0.1, 0.15) is 17.9 Å². The number of nitrogens with zero attached hydrogens (tertiary/aromatic N) is 6. The monoisotopic (exact) mass is 412 g/mol. The Balaban J connectivity index is 1.26. The Morgan fingerprint density at radius 3 is 2.29 bits per heavy atom. The van der Waals surface area contributed by atoms with Crippen molar-refractivity contribution in [3.63, 3.8) is 0 Å². The van der Waals surface area contributed by atoms with Crippen molar-refractivity contribution >= 4 is 22.7 Å². The Bertz CT molecular complexity index is 1160. The van der Waals surface area contributed by atoms with Gasteiger partial charge >= 0.3 is 0 Å². The van der Waals surface area contributed by atoms with Gasteiger partial charge in [0.15, 0.2) is 0 Å². The summed E-state index contributed by atoms with van der Waals surface area (Å²) in [5.74, 6) is 2.55. The highest BCUT2D eigenvalue weighted by molar-refractivity contribution is 5.90. The van der Waals surface area contributed by atoms with E-state index in [0.29, 0.717) is 0 Å². The lowest BCUT2D eigenvalue weighted by Crippen LogP contribution is -2.47. The number of rotatable bonds is 5. The fraction of sp³-hybridized carbons (Fsp3) is 0.250. The van der Waals surface area contributed by atoms with Gasteiger partial charge in [0.05, 0.1) is 12.6 Å². The third-order valence-corrected chi connectivity index (χ3v) is 5.63. The van der Waals surface area contributed by atoms with Crippen molar-refractivity contribution in [1.82, 2.24) is 19.9 Å². The summed E-state index contributed by atoms with van der Waals surface area (Å²) in [6.45, 7) is 3.40. The average molecular weight is 412 g/mol. The number of aromatic nitrogens is 4. The second kappa shape index (κ2) is 8.55. The quantitative estimate of drug-likeness (QED) is 0.498. The summed E-state index contributed by atoms with van der Waals surface area (Å²) in [4.78, 5) is 22.7. The van der Waals surface area contributed by atoms with Crippen LogP contribution >= 0.6 is 0 Å². The van der Waals surface area contributed by atoms with Crippen LogP contribution in [0.4, 0.5) is 11.8 Å². The van der Waals surface area contributed by atoms with E-state index < -0.39 is 0 Å². The number of hydrogen-bond acceptors (Lipinski definition) is 7. The Kier molecular flexibility index (Phi) is 5.31. The molecule has 0 N–H and O–H groups in total. The Morgan fingerprint density at radius 1 is 0.806 bits per heavy atom. The van der Waals surface area contributed by atoms with Crippen LogP contribution in [0.5, 0.6) is 5.75 Å². The minimum Gasteiger partial charge on any atom is -0.497 e. The summed E-state index contributed by atoms with van der Waals surface area (Å²) in [7, 11) is 1.67. The van der Waals surface area contributed by atoms with Gasteiger partial charge in [0.2, 0.25) is 5.95 Å². The van der Waals surface area contributed by atoms with Crippen molar-refractivity contribution in [3.05, 3.63) is 78.4 Å². The molecule has 1 saturated heterocycles. The normalized spacial score (nSPS) is 14.1. The van der Waals surface area contributed by atoms with Gasteiger partial charge in [-0.05, 0) is 23.3 Å². The molecule has 31 heavy (non-hydrogen) atoms. The molecule has 0 bridgehead atoms. The number of fused-ring (bicyclic) bond motifs is 1. The van der Waals surface area contributed by atoms with Gasteiger partial charge < -0.3 is 14.5 Å². The van der Waals surface area contributed by atoms with Crippen molar-refractivity contribution < 1.29 is 4.74 Å². The lowest BCUT2D eigenvalue weighted by atomic mass is 10.1. The van der Waals surface area contributed by atoms with Crippen LogP contribution in [0, 0.1) is 0 Å². The maximum atomic E-state index is 5.32. The third-order valence-electron chi connectivity index (χ3n) is 5.63. The zero-order valence-corrected chi connectivity index (χ0v) is 17.5. The second-order valence-corrected chi connectivity index (χ2v) is 7.61. The minimum absolute atomic E-state index is 0.786. The summed E-state index contributed by atoms with van der Waals surface area (Å²) < 4.78 is 5.32. The van der Waals surface area contributed by atoms with E-state index in [4.69, 9.17) is 4.74 Å². The molecule has 0 saturated carbocycles. The fourth-order valence-electron chi connectivity index (χ4n) is 3.95. The molecule has 7 heteroatoms. The molecule has 0 radical (unpaired) electrons. The van der Waals surface area contributed by atoms with Gasteiger partial charge in [-0.3, -0.25) is 0 Å². The number of anilines is 2. The van der Waals surface area contributed by atoms with E-state index in [1.165, 1.54) is 5.56 Å². The van der Waals surface area contributed by atoms with Crippen LogP contribution in [-0.2, 0) is 6.42 Å². The van der Waals surface area contributed by atoms with Crippen LogP contribution in [0.15, 0.2) is 67.3 Å². The zero-order valence-electron chi connectivity index (χ0n) is 17.5. The molecule has 3 heterocycles. The SMILES string of the molecule is COc1ccc2c(N3CCN(c4ncc(Cc5ccccc5)cn4)CC3)ncnc2c1. The second-order valence-electron chi connectivity index (χ2n) is 7.61. The molecule has 0 spiro atoms. The predicted octanol–water partition coefficient (Wildman–Crippen LogP) is 3.35. The third kappa shape index (κ3) is 4.12. The first-order valence-electron chi connectivity index (χ1n) is 10.4. The van der Waals surface area contributed by atoms with Gasteiger partial charge in [-0.25, -0.2) is 19.9 Å². The maximum Gasteiger partial charge on any atom is 0.225 e. The minimum atomic E-state index is 0.786. The molecular weight excluding hydrogens is 388 g/mol. The van der Waals surface area contributed by atoms with Crippen LogP contribution < -0.4 is 14.5 Å². The molecule has 7 nitrogen and oxygen atoms in total. The van der Waals surface area contributed by atoms with Crippen molar-refractivity contribution in [2.24, 2.45) is 0 Å². The van der Waals surface area contributed by atoms with Crippen LogP contribution in [0.2, 0.25) is 0 Å². The Labute approximate surface area is 181 Å². The molecule has 2 aromatic heterocycles. The van der Waals surface area contributed by atoms with E-state index in [9.17, 15) is 0 Å². The van der Waals surface area contributed by atoms with Gasteiger partial charge in [-0.1, -0.05) is 30.3 Å². The molecule has 0 unspecified atom stereocenters. The number of hydrogen-bond donors (Lipinski definition) is 0. The van der Waals surface area contributed by atoms with Crippen molar-refractivity contribution in [2.45, 2.75) is 6.42 Å². The van der Waals surface area contributed by atoms with Gasteiger partial charge in [0.25, 0.3) is 0 Å². The largest absolute Gasteiger partial charge is 0.497 e. The lowest BCUT2D eigenvalue weighted by Gasteiger charge is -2.35. The molecule has 1 aliphatic heterocycles. The predicted molar refractivity (Wildman–Crippen MR) is 122 cm³/mol. The number of piperazine rings is 1. The van der Waals surface area contributed by atoms with Crippen LogP contribution in [0.25, 0.3) is 10.9 Å². The standard InChI is InChI=1S/C24H24N6O/c1-31-20-7-8-21-22(14-20)27-17-28-23(21)29-9-11-30(12-10-29)24-25-15-19(16-26-24)13-18-5-3-2-4-6-18/h2-8,14-17H,9-13H2,1H3. The van der Waals surface area contributed by atoms with Gasteiger partial charge in [-0.2, -0.15) is 0 Å². The molecule has 5 rings (SSSR count). The summed E-state index contributed by atoms with van der Waals surface area (Å²) in [5.41, 5.74) is 3.28. The highest BCUT2D eigenvalue weighted by Gasteiger charge is 2.21. The van der Waals surface area contributed by atoms with E-state index in [2.05, 4.69) is 54.0 Å². The molecule has 0 amide bonds. The highest BCUT2D eigenvalue weighted by Crippen LogP contribution is 2.27. The molecule has 1 aliphatic rings. The van der Waals surface area contributed by atoms with Gasteiger partial charge in [0, 0.05) is 56.4 Å². The van der Waals surface area contributed by atoms with Gasteiger partial charge in [-0.15, -0.1) is 0 Å². The molecule has 1 fully saturated rings. The lowest BCUT2D eigenvalue weighted by molar-refractivity contribution is 0.415. The van der Waals surface area contributed by atoms with E-state index in [1.807, 2.05) is 36.7 Å². The summed E-state index contributed by atoms with van der Waals surface area (Å²) in [5, 5.41) is 1.04. The summed E-state index contributed by atoms with van der Waals surface area (Å²) >= 11 is 0. The fourth-order valence-corrected chi connectivity index (χ4v) is 3.95. The average Bonchev–Trinajstić information content (AvgIpc) is 2.84. The summed E-state index contributed by atoms with van der Waals surface area (Å²) in [6.07, 6.45) is 6.35. The van der Waals surface area contributed by atoms with Crippen LogP contribution in [0.1, 0.15) is 11.1 Å². The molecule has 0 aliphatic carbocycles. The van der Waals surface area contributed by atoms with E-state index in [1.54, 1.807) is 13.4 Å². The maximum absolute atomic E-state index is 5.32. The van der Waals surface area contributed by atoms with Crippen molar-refractivity contribution in [2.75, 3.05) is 43.1 Å². The van der Waals surface area contributed by atoms with Crippen LogP contribution in [0.3, 0.4) is 0 Å². The van der Waals surface area contributed by atoms with E-state index in [-0.39, 0.29) is 0 Å².